The number of nitrogens with zero attached hydrogens (tertiary/aromatic N) is 1. The molecule has 5 nitrogen and oxygen atoms in total. The highest BCUT2D eigenvalue weighted by atomic mass is 35.5. The third-order valence-electron chi connectivity index (χ3n) is 5.09. The number of hydrogen-bond acceptors (Lipinski definition) is 4. The second-order valence-electron chi connectivity index (χ2n) is 7.28. The van der Waals surface area contributed by atoms with Crippen LogP contribution in [0.1, 0.15) is 16.8 Å². The van der Waals surface area contributed by atoms with E-state index in [4.69, 9.17) is 11.6 Å². The lowest BCUT2D eigenvalue weighted by Gasteiger charge is -2.29. The zero-order chi connectivity index (χ0) is 21.1. The highest BCUT2D eigenvalue weighted by Gasteiger charge is 2.36. The molecule has 1 heterocycles. The standard InChI is InChI=1S/C23H21ClN2O3S/c24-18-8-6-17(7-9-18)23(27)26(22-14-15-30(28,29)16-22)21-12-10-20(11-13-21)25-19-4-2-1-3-5-19/h1-13,22,25H,14-16H2. The van der Waals surface area contributed by atoms with Gasteiger partial charge in [-0.15, -0.1) is 0 Å². The molecule has 0 spiro atoms. The van der Waals surface area contributed by atoms with Gasteiger partial charge in [-0.05, 0) is 67.1 Å². The number of rotatable bonds is 5. The monoisotopic (exact) mass is 440 g/mol. The molecule has 7 heteroatoms. The number of anilines is 3. The number of hydrogen-bond donors (Lipinski definition) is 1. The van der Waals surface area contributed by atoms with Gasteiger partial charge in [0.05, 0.1) is 17.5 Å². The number of amides is 1. The minimum atomic E-state index is -3.15. The number of nitrogens with one attached hydrogen (secondary N) is 1. The fourth-order valence-corrected chi connectivity index (χ4v) is 5.42. The number of halogens is 1. The van der Waals surface area contributed by atoms with Crippen LogP contribution in [0.2, 0.25) is 5.02 Å². The number of sulfone groups is 1. The number of para-hydroxylation sites is 1. The van der Waals surface area contributed by atoms with Crippen LogP contribution in [-0.4, -0.2) is 31.9 Å². The van der Waals surface area contributed by atoms with Gasteiger partial charge in [0.1, 0.15) is 0 Å². The van der Waals surface area contributed by atoms with Gasteiger partial charge < -0.3 is 10.2 Å². The lowest BCUT2D eigenvalue weighted by atomic mass is 10.1. The van der Waals surface area contributed by atoms with Crippen molar-refractivity contribution >= 4 is 44.4 Å². The maximum atomic E-state index is 13.3. The first-order chi connectivity index (χ1) is 14.4. The Labute approximate surface area is 181 Å². The van der Waals surface area contributed by atoms with Gasteiger partial charge in [-0.3, -0.25) is 4.79 Å². The summed E-state index contributed by atoms with van der Waals surface area (Å²) in [4.78, 5) is 14.9. The van der Waals surface area contributed by atoms with Crippen LogP contribution in [-0.2, 0) is 9.84 Å². The smallest absolute Gasteiger partial charge is 0.258 e. The molecule has 1 saturated heterocycles. The van der Waals surface area contributed by atoms with E-state index in [1.54, 1.807) is 29.2 Å². The molecule has 0 bridgehead atoms. The van der Waals surface area contributed by atoms with Crippen LogP contribution in [0.4, 0.5) is 17.1 Å². The summed E-state index contributed by atoms with van der Waals surface area (Å²) in [5, 5.41) is 3.85. The van der Waals surface area contributed by atoms with Crippen LogP contribution in [0.3, 0.4) is 0 Å². The Morgan fingerprint density at radius 3 is 2.13 bits per heavy atom. The van der Waals surface area contributed by atoms with E-state index in [-0.39, 0.29) is 17.4 Å². The summed E-state index contributed by atoms with van der Waals surface area (Å²) in [6.07, 6.45) is 0.422. The quantitative estimate of drug-likeness (QED) is 0.611. The van der Waals surface area contributed by atoms with Gasteiger partial charge in [0, 0.05) is 27.6 Å². The predicted molar refractivity (Wildman–Crippen MR) is 121 cm³/mol. The number of benzene rings is 3. The minimum absolute atomic E-state index is 0.0314. The Morgan fingerprint density at radius 2 is 1.53 bits per heavy atom. The van der Waals surface area contributed by atoms with Crippen molar-refractivity contribution in [1.29, 1.82) is 0 Å². The highest BCUT2D eigenvalue weighted by Crippen LogP contribution is 2.28. The zero-order valence-electron chi connectivity index (χ0n) is 16.2. The van der Waals surface area contributed by atoms with Gasteiger partial charge in [-0.25, -0.2) is 8.42 Å². The molecule has 1 aliphatic heterocycles. The molecule has 154 valence electrons. The van der Waals surface area contributed by atoms with Crippen molar-refractivity contribution in [3.8, 4) is 0 Å². The highest BCUT2D eigenvalue weighted by molar-refractivity contribution is 7.91. The van der Waals surface area contributed by atoms with Crippen molar-refractivity contribution in [1.82, 2.24) is 0 Å². The zero-order valence-corrected chi connectivity index (χ0v) is 17.7. The topological polar surface area (TPSA) is 66.5 Å². The van der Waals surface area contributed by atoms with Gasteiger partial charge in [0.15, 0.2) is 9.84 Å². The predicted octanol–water partition coefficient (Wildman–Crippen LogP) is 4.92. The summed E-state index contributed by atoms with van der Waals surface area (Å²) < 4.78 is 24.1. The Morgan fingerprint density at radius 1 is 0.900 bits per heavy atom. The van der Waals surface area contributed by atoms with E-state index < -0.39 is 15.9 Å². The van der Waals surface area contributed by atoms with Crippen molar-refractivity contribution in [2.45, 2.75) is 12.5 Å². The first-order valence-electron chi connectivity index (χ1n) is 9.63. The molecule has 3 aromatic carbocycles. The second-order valence-corrected chi connectivity index (χ2v) is 9.94. The molecule has 1 aliphatic rings. The molecule has 0 saturated carbocycles. The Kier molecular flexibility index (Phi) is 5.79. The molecule has 1 fully saturated rings. The molecule has 3 aromatic rings. The van der Waals surface area contributed by atoms with E-state index in [0.29, 0.717) is 22.7 Å². The molecule has 0 aliphatic carbocycles. The van der Waals surface area contributed by atoms with Crippen molar-refractivity contribution in [2.75, 3.05) is 21.7 Å². The van der Waals surface area contributed by atoms with Crippen LogP contribution < -0.4 is 10.2 Å². The first kappa shape index (κ1) is 20.4. The molecule has 4 rings (SSSR count). The molecule has 1 unspecified atom stereocenters. The Balaban J connectivity index is 1.63. The van der Waals surface area contributed by atoms with Crippen LogP contribution >= 0.6 is 11.6 Å². The van der Waals surface area contributed by atoms with Gasteiger partial charge in [-0.1, -0.05) is 29.8 Å². The second kappa shape index (κ2) is 8.50. The summed E-state index contributed by atoms with van der Waals surface area (Å²) in [7, 11) is -3.15. The summed E-state index contributed by atoms with van der Waals surface area (Å²) in [6.45, 7) is 0. The molecular formula is C23H21ClN2O3S. The molecule has 1 atom stereocenters. The first-order valence-corrected chi connectivity index (χ1v) is 11.8. The van der Waals surface area contributed by atoms with Crippen LogP contribution in [0.5, 0.6) is 0 Å². The van der Waals surface area contributed by atoms with Crippen molar-refractivity contribution in [3.63, 3.8) is 0 Å². The summed E-state index contributed by atoms with van der Waals surface area (Å²) in [5.74, 6) is -0.177. The lowest BCUT2D eigenvalue weighted by molar-refractivity contribution is 0.0979. The van der Waals surface area contributed by atoms with E-state index >= 15 is 0 Å². The van der Waals surface area contributed by atoms with E-state index in [1.807, 2.05) is 54.6 Å². The van der Waals surface area contributed by atoms with E-state index in [1.165, 1.54) is 0 Å². The van der Waals surface area contributed by atoms with Gasteiger partial charge in [0.25, 0.3) is 5.91 Å². The SMILES string of the molecule is O=C(c1ccc(Cl)cc1)N(c1ccc(Nc2ccccc2)cc1)C1CCS(=O)(=O)C1. The summed E-state index contributed by atoms with van der Waals surface area (Å²) in [6, 6.07) is 23.5. The largest absolute Gasteiger partial charge is 0.356 e. The maximum Gasteiger partial charge on any atom is 0.258 e. The van der Waals surface area contributed by atoms with Gasteiger partial charge >= 0.3 is 0 Å². The molecule has 30 heavy (non-hydrogen) atoms. The Bertz CT molecular complexity index is 1130. The molecule has 0 aromatic heterocycles. The number of carbonyl (C=O) groups excluding carboxylic acids is 1. The fraction of sp³-hybridized carbons (Fsp3) is 0.174. The molecule has 1 amide bonds. The normalized spacial score (nSPS) is 17.4. The van der Waals surface area contributed by atoms with Crippen molar-refractivity contribution in [3.05, 3.63) is 89.4 Å². The summed E-state index contributed by atoms with van der Waals surface area (Å²) >= 11 is 5.95. The van der Waals surface area contributed by atoms with Crippen LogP contribution in [0.25, 0.3) is 0 Å². The molecular weight excluding hydrogens is 420 g/mol. The van der Waals surface area contributed by atoms with Gasteiger partial charge in [0.2, 0.25) is 0 Å². The Hall–Kier alpha value is -2.83. The van der Waals surface area contributed by atoms with E-state index in [9.17, 15) is 13.2 Å². The fourth-order valence-electron chi connectivity index (χ4n) is 3.60. The van der Waals surface area contributed by atoms with Crippen LogP contribution in [0, 0.1) is 0 Å². The van der Waals surface area contributed by atoms with Crippen LogP contribution in [0.15, 0.2) is 78.9 Å². The number of carbonyl (C=O) groups is 1. The lowest BCUT2D eigenvalue weighted by Crippen LogP contribution is -2.41. The maximum absolute atomic E-state index is 13.3. The van der Waals surface area contributed by atoms with Crippen molar-refractivity contribution < 1.29 is 13.2 Å². The third-order valence-corrected chi connectivity index (χ3v) is 7.09. The third kappa shape index (κ3) is 4.66. The average molecular weight is 441 g/mol. The van der Waals surface area contributed by atoms with Crippen molar-refractivity contribution in [2.24, 2.45) is 0 Å². The average Bonchev–Trinajstić information content (AvgIpc) is 3.10. The van der Waals surface area contributed by atoms with Gasteiger partial charge in [-0.2, -0.15) is 0 Å². The summed E-state index contributed by atoms with van der Waals surface area (Å²) in [5.41, 5.74) is 2.97. The van der Waals surface area contributed by atoms with E-state index in [2.05, 4.69) is 5.32 Å². The minimum Gasteiger partial charge on any atom is -0.356 e. The van der Waals surface area contributed by atoms with E-state index in [0.717, 1.165) is 11.4 Å². The molecule has 0 radical (unpaired) electrons. The molecule has 1 N–H and O–H groups in total.